The summed E-state index contributed by atoms with van der Waals surface area (Å²) in [6.45, 7) is 3.71. The van der Waals surface area contributed by atoms with Gasteiger partial charge < -0.3 is 14.0 Å². The molecular weight excluding hydrogens is 257 g/mol. The number of nitrogens with zero attached hydrogens (tertiary/aromatic N) is 1. The first-order valence-electron chi connectivity index (χ1n) is 5.32. The van der Waals surface area contributed by atoms with E-state index >= 15 is 0 Å². The van der Waals surface area contributed by atoms with E-state index in [0.29, 0.717) is 11.9 Å². The second-order valence-electron chi connectivity index (χ2n) is 4.10. The highest BCUT2D eigenvalue weighted by Gasteiger charge is 2.20. The molecule has 0 bridgehead atoms. The monoisotopic (exact) mass is 273 g/mol. The number of nitro benzene ring substituents is 1. The molecule has 0 aliphatic carbocycles. The highest BCUT2D eigenvalue weighted by molar-refractivity contribution is 7.70. The molecule has 0 atom stereocenters. The molecule has 0 saturated carbocycles. The van der Waals surface area contributed by atoms with Crippen molar-refractivity contribution in [2.24, 2.45) is 0 Å². The molecule has 1 rings (SSSR count). The molecule has 0 saturated heterocycles. The Balaban J connectivity index is 3.05. The molecule has 0 aliphatic heterocycles. The lowest BCUT2D eigenvalue weighted by molar-refractivity contribution is -0.385. The van der Waals surface area contributed by atoms with Gasteiger partial charge in [-0.1, -0.05) is 0 Å². The van der Waals surface area contributed by atoms with E-state index < -0.39 is 12.1 Å². The molecule has 0 spiro atoms. The van der Waals surface area contributed by atoms with Crippen LogP contribution in [-0.4, -0.2) is 38.6 Å². The molecule has 1 aromatic carbocycles. The van der Waals surface area contributed by atoms with Crippen LogP contribution in [0.2, 0.25) is 0 Å². The average molecular weight is 273 g/mol. The number of methoxy groups -OCH3 is 1. The molecule has 0 unspecified atom stereocenters. The third-order valence-electron chi connectivity index (χ3n) is 2.31. The summed E-state index contributed by atoms with van der Waals surface area (Å²) < 4.78 is 21.9. The molecule has 1 aromatic rings. The van der Waals surface area contributed by atoms with E-state index in [2.05, 4.69) is 0 Å². The van der Waals surface area contributed by atoms with Crippen LogP contribution in [0.3, 0.4) is 0 Å². The minimum Gasteiger partial charge on any atom is -0.484 e. The first-order chi connectivity index (χ1) is 8.36. The van der Waals surface area contributed by atoms with E-state index in [9.17, 15) is 14.7 Å². The average Bonchev–Trinajstić information content (AvgIpc) is 2.28. The molecule has 6 nitrogen and oxygen atoms in total. The third kappa shape index (κ3) is 3.82. The van der Waals surface area contributed by atoms with Gasteiger partial charge in [0, 0.05) is 18.5 Å². The van der Waals surface area contributed by atoms with Gasteiger partial charge in [0.25, 0.3) is 0 Å². The van der Waals surface area contributed by atoms with Gasteiger partial charge in [0.15, 0.2) is 5.75 Å². The molecule has 0 N–H and O–H groups in total. The van der Waals surface area contributed by atoms with Crippen molar-refractivity contribution in [2.75, 3.05) is 33.7 Å². The van der Waals surface area contributed by atoms with E-state index in [1.807, 2.05) is 0 Å². The molecule has 0 heterocycles. The number of hydrogen-bond donors (Lipinski definition) is 0. The molecule has 7 heteroatoms. The van der Waals surface area contributed by atoms with E-state index in [1.54, 1.807) is 19.4 Å². The Kier molecular flexibility index (Phi) is 4.87. The maximum atomic E-state index is 11.9. The predicted octanol–water partition coefficient (Wildman–Crippen LogP) is 1.87. The zero-order valence-corrected chi connectivity index (χ0v) is 11.5. The Morgan fingerprint density at radius 3 is 2.50 bits per heavy atom. The van der Waals surface area contributed by atoms with Gasteiger partial charge in [-0.25, -0.2) is 0 Å². The number of hydrogen-bond acceptors (Lipinski definition) is 5. The minimum absolute atomic E-state index is 0.161. The van der Waals surface area contributed by atoms with Crippen molar-refractivity contribution < 1.29 is 19.0 Å². The normalized spacial score (nSPS) is 11.3. The number of ether oxygens (including phenoxy) is 2. The van der Waals surface area contributed by atoms with Gasteiger partial charge in [-0.05, 0) is 25.5 Å². The van der Waals surface area contributed by atoms with Crippen molar-refractivity contribution in [3.8, 4) is 5.75 Å². The van der Waals surface area contributed by atoms with Crippen LogP contribution in [-0.2, 0) is 9.30 Å². The smallest absolute Gasteiger partial charge is 0.311 e. The Hall–Kier alpha value is -1.39. The molecule has 100 valence electrons. The molecule has 0 fully saturated rings. The van der Waals surface area contributed by atoms with Crippen molar-refractivity contribution in [2.45, 2.75) is 0 Å². The van der Waals surface area contributed by atoms with Crippen molar-refractivity contribution >= 4 is 18.1 Å². The fourth-order valence-electron chi connectivity index (χ4n) is 1.34. The molecule has 0 aromatic heterocycles. The fourth-order valence-corrected chi connectivity index (χ4v) is 2.21. The number of benzene rings is 1. The topological polar surface area (TPSA) is 78.7 Å². The number of nitro groups is 1. The van der Waals surface area contributed by atoms with Crippen LogP contribution < -0.4 is 10.0 Å². The van der Waals surface area contributed by atoms with Gasteiger partial charge in [-0.3, -0.25) is 10.1 Å². The summed E-state index contributed by atoms with van der Waals surface area (Å²) in [5.74, 6) is 0.161. The van der Waals surface area contributed by atoms with Crippen molar-refractivity contribution in [1.29, 1.82) is 0 Å². The van der Waals surface area contributed by atoms with E-state index in [-0.39, 0.29) is 18.0 Å². The van der Waals surface area contributed by atoms with E-state index in [4.69, 9.17) is 9.47 Å². The SMILES string of the molecule is COCCOc1ccc(P(C)(C)=O)cc1[N+](=O)[O-]. The zero-order chi connectivity index (χ0) is 13.8. The summed E-state index contributed by atoms with van der Waals surface area (Å²) >= 11 is 0. The van der Waals surface area contributed by atoms with Crippen LogP contribution in [0.15, 0.2) is 18.2 Å². The highest BCUT2D eigenvalue weighted by atomic mass is 31.2. The maximum Gasteiger partial charge on any atom is 0.311 e. The minimum atomic E-state index is -2.52. The molecule has 0 aliphatic rings. The summed E-state index contributed by atoms with van der Waals surface area (Å²) in [6, 6.07) is 4.38. The van der Waals surface area contributed by atoms with Gasteiger partial charge in [0.2, 0.25) is 0 Å². The maximum absolute atomic E-state index is 11.9. The molecule has 0 radical (unpaired) electrons. The zero-order valence-electron chi connectivity index (χ0n) is 10.6. The summed E-state index contributed by atoms with van der Waals surface area (Å²) in [5.41, 5.74) is -0.174. The van der Waals surface area contributed by atoms with Crippen LogP contribution in [0, 0.1) is 10.1 Å². The summed E-state index contributed by atoms with van der Waals surface area (Å²) in [4.78, 5) is 10.4. The van der Waals surface area contributed by atoms with Crippen LogP contribution in [0.5, 0.6) is 5.75 Å². The highest BCUT2D eigenvalue weighted by Crippen LogP contribution is 2.37. The predicted molar refractivity (Wildman–Crippen MR) is 69.6 cm³/mol. The standard InChI is InChI=1S/C11H16NO5P/c1-16-6-7-17-11-5-4-9(18(2,3)15)8-10(11)12(13)14/h4-5,8H,6-7H2,1-3H3. The molecule has 18 heavy (non-hydrogen) atoms. The lowest BCUT2D eigenvalue weighted by Gasteiger charge is -2.10. The number of rotatable bonds is 6. The van der Waals surface area contributed by atoms with Crippen LogP contribution in [0.4, 0.5) is 5.69 Å². The van der Waals surface area contributed by atoms with Gasteiger partial charge in [-0.15, -0.1) is 0 Å². The summed E-state index contributed by atoms with van der Waals surface area (Å²) in [6.07, 6.45) is 0. The van der Waals surface area contributed by atoms with E-state index in [0.717, 1.165) is 0 Å². The van der Waals surface area contributed by atoms with Crippen molar-refractivity contribution in [3.63, 3.8) is 0 Å². The summed E-state index contributed by atoms with van der Waals surface area (Å²) in [7, 11) is -1.00. The Labute approximate surface area is 105 Å². The van der Waals surface area contributed by atoms with Crippen LogP contribution in [0.1, 0.15) is 0 Å². The second kappa shape index (κ2) is 5.98. The quantitative estimate of drug-likeness (QED) is 0.342. The first-order valence-corrected chi connectivity index (χ1v) is 7.92. The van der Waals surface area contributed by atoms with Gasteiger partial charge >= 0.3 is 5.69 Å². The lowest BCUT2D eigenvalue weighted by atomic mass is 10.3. The second-order valence-corrected chi connectivity index (χ2v) is 7.32. The summed E-state index contributed by atoms with van der Waals surface area (Å²) in [5, 5.41) is 11.4. The molecular formula is C11H16NO5P. The molecule has 0 amide bonds. The van der Waals surface area contributed by atoms with Crippen LogP contribution >= 0.6 is 7.14 Å². The van der Waals surface area contributed by atoms with E-state index in [1.165, 1.54) is 19.2 Å². The fraction of sp³-hybridized carbons (Fsp3) is 0.455. The first kappa shape index (κ1) is 14.7. The van der Waals surface area contributed by atoms with Crippen molar-refractivity contribution in [1.82, 2.24) is 0 Å². The van der Waals surface area contributed by atoms with Gasteiger partial charge in [0.1, 0.15) is 13.7 Å². The lowest BCUT2D eigenvalue weighted by Crippen LogP contribution is -2.09. The van der Waals surface area contributed by atoms with Crippen molar-refractivity contribution in [3.05, 3.63) is 28.3 Å². The Morgan fingerprint density at radius 2 is 2.00 bits per heavy atom. The Bertz CT molecular complexity index is 482. The van der Waals surface area contributed by atoms with Gasteiger partial charge in [-0.2, -0.15) is 0 Å². The third-order valence-corrected chi connectivity index (χ3v) is 3.83. The van der Waals surface area contributed by atoms with Crippen LogP contribution in [0.25, 0.3) is 0 Å². The largest absolute Gasteiger partial charge is 0.484 e. The Morgan fingerprint density at radius 1 is 1.33 bits per heavy atom. The van der Waals surface area contributed by atoms with Gasteiger partial charge in [0.05, 0.1) is 11.5 Å².